The van der Waals surface area contributed by atoms with Crippen molar-refractivity contribution in [1.29, 1.82) is 0 Å². The zero-order valence-electron chi connectivity index (χ0n) is 16.0. The van der Waals surface area contributed by atoms with Gasteiger partial charge in [0.15, 0.2) is 6.61 Å². The molecule has 0 radical (unpaired) electrons. The second-order valence-electron chi connectivity index (χ2n) is 6.68. The van der Waals surface area contributed by atoms with E-state index >= 15 is 0 Å². The molecule has 154 valence electrons. The van der Waals surface area contributed by atoms with Crippen molar-refractivity contribution < 1.29 is 23.9 Å². The van der Waals surface area contributed by atoms with Crippen molar-refractivity contribution in [2.75, 3.05) is 16.8 Å². The molecule has 0 saturated carbocycles. The molecule has 0 spiro atoms. The second-order valence-corrected chi connectivity index (χ2v) is 7.11. The molecule has 4 rings (SSSR count). The van der Waals surface area contributed by atoms with Crippen LogP contribution in [0.25, 0.3) is 0 Å². The quantitative estimate of drug-likeness (QED) is 0.485. The summed E-state index contributed by atoms with van der Waals surface area (Å²) in [5.74, 6) is -2.23. The summed E-state index contributed by atoms with van der Waals surface area (Å²) in [5, 5.41) is 3.03. The first-order valence-corrected chi connectivity index (χ1v) is 9.62. The topological polar surface area (TPSA) is 92.8 Å². The number of nitrogens with one attached hydrogen (secondary N) is 1. The molecule has 0 fully saturated rings. The highest BCUT2D eigenvalue weighted by Gasteiger charge is 2.36. The minimum atomic E-state index is -0.764. The summed E-state index contributed by atoms with van der Waals surface area (Å²) in [7, 11) is 0. The van der Waals surface area contributed by atoms with Crippen LogP contribution in [0.3, 0.4) is 0 Å². The van der Waals surface area contributed by atoms with Gasteiger partial charge in [0.25, 0.3) is 17.7 Å². The molecule has 1 N–H and O–H groups in total. The van der Waals surface area contributed by atoms with Crippen molar-refractivity contribution in [2.45, 2.75) is 0 Å². The molecule has 0 aromatic heterocycles. The summed E-state index contributed by atoms with van der Waals surface area (Å²) in [6.07, 6.45) is 0. The lowest BCUT2D eigenvalue weighted by atomic mass is 10.1. The zero-order valence-corrected chi connectivity index (χ0v) is 16.8. The van der Waals surface area contributed by atoms with Crippen LogP contribution in [0, 0.1) is 0 Å². The SMILES string of the molecule is O=C(COC(=O)c1cccc(N2C(=O)c3ccccc3C2=O)c1)Nc1cccc(Cl)c1. The van der Waals surface area contributed by atoms with Crippen molar-refractivity contribution in [3.05, 3.63) is 94.5 Å². The summed E-state index contributed by atoms with van der Waals surface area (Å²) in [4.78, 5) is 50.7. The van der Waals surface area contributed by atoms with E-state index in [1.165, 1.54) is 18.2 Å². The van der Waals surface area contributed by atoms with Crippen LogP contribution >= 0.6 is 11.6 Å². The Morgan fingerprint density at radius 1 is 0.871 bits per heavy atom. The number of hydrogen-bond acceptors (Lipinski definition) is 5. The van der Waals surface area contributed by atoms with Gasteiger partial charge in [0.1, 0.15) is 0 Å². The fourth-order valence-corrected chi connectivity index (χ4v) is 3.36. The Balaban J connectivity index is 1.44. The normalized spacial score (nSPS) is 12.5. The van der Waals surface area contributed by atoms with E-state index in [2.05, 4.69) is 5.32 Å². The van der Waals surface area contributed by atoms with Gasteiger partial charge in [-0.1, -0.05) is 35.9 Å². The van der Waals surface area contributed by atoms with Crippen LogP contribution in [0.4, 0.5) is 11.4 Å². The number of anilines is 2. The Bertz CT molecular complexity index is 1190. The monoisotopic (exact) mass is 434 g/mol. The second kappa shape index (κ2) is 8.41. The highest BCUT2D eigenvalue weighted by Crippen LogP contribution is 2.28. The van der Waals surface area contributed by atoms with Gasteiger partial charge in [-0.3, -0.25) is 14.4 Å². The van der Waals surface area contributed by atoms with E-state index in [1.54, 1.807) is 54.6 Å². The summed E-state index contributed by atoms with van der Waals surface area (Å²) >= 11 is 5.87. The van der Waals surface area contributed by atoms with Gasteiger partial charge in [-0.15, -0.1) is 0 Å². The maximum Gasteiger partial charge on any atom is 0.338 e. The molecular formula is C23H15ClN2O5. The number of imide groups is 1. The number of esters is 1. The third kappa shape index (κ3) is 4.17. The lowest BCUT2D eigenvalue weighted by molar-refractivity contribution is -0.119. The smallest absolute Gasteiger partial charge is 0.338 e. The average Bonchev–Trinajstić information content (AvgIpc) is 3.02. The van der Waals surface area contributed by atoms with E-state index in [9.17, 15) is 19.2 Å². The van der Waals surface area contributed by atoms with Crippen LogP contribution in [0.2, 0.25) is 5.02 Å². The van der Waals surface area contributed by atoms with Gasteiger partial charge >= 0.3 is 5.97 Å². The first kappa shape index (κ1) is 20.3. The van der Waals surface area contributed by atoms with E-state index in [0.717, 1.165) is 4.90 Å². The minimum Gasteiger partial charge on any atom is -0.452 e. The molecule has 3 aromatic carbocycles. The number of carbonyl (C=O) groups is 4. The van der Waals surface area contributed by atoms with Crippen LogP contribution in [0.15, 0.2) is 72.8 Å². The zero-order chi connectivity index (χ0) is 22.0. The molecule has 8 heteroatoms. The Hall–Kier alpha value is -3.97. The van der Waals surface area contributed by atoms with Gasteiger partial charge < -0.3 is 10.1 Å². The number of benzene rings is 3. The summed E-state index contributed by atoms with van der Waals surface area (Å²) in [6.45, 7) is -0.511. The Kier molecular flexibility index (Phi) is 5.51. The third-order valence-electron chi connectivity index (χ3n) is 4.58. The van der Waals surface area contributed by atoms with Crippen LogP contribution in [0.1, 0.15) is 31.1 Å². The molecule has 1 aliphatic rings. The first-order chi connectivity index (χ1) is 14.9. The maximum absolute atomic E-state index is 12.6. The van der Waals surface area contributed by atoms with Crippen LogP contribution in [-0.4, -0.2) is 30.3 Å². The van der Waals surface area contributed by atoms with Gasteiger partial charge in [0, 0.05) is 10.7 Å². The van der Waals surface area contributed by atoms with Crippen molar-refractivity contribution in [1.82, 2.24) is 0 Å². The molecule has 1 aliphatic heterocycles. The average molecular weight is 435 g/mol. The number of rotatable bonds is 5. The van der Waals surface area contributed by atoms with Crippen molar-refractivity contribution in [3.63, 3.8) is 0 Å². The number of halogens is 1. The molecule has 3 aromatic rings. The maximum atomic E-state index is 12.6. The molecular weight excluding hydrogens is 420 g/mol. The fourth-order valence-electron chi connectivity index (χ4n) is 3.17. The lowest BCUT2D eigenvalue weighted by Gasteiger charge is -2.14. The Morgan fingerprint density at radius 3 is 2.23 bits per heavy atom. The van der Waals surface area contributed by atoms with Crippen LogP contribution < -0.4 is 10.2 Å². The number of amides is 3. The van der Waals surface area contributed by atoms with E-state index < -0.39 is 30.3 Å². The van der Waals surface area contributed by atoms with Crippen LogP contribution in [0.5, 0.6) is 0 Å². The number of carbonyl (C=O) groups excluding carboxylic acids is 4. The molecule has 1 heterocycles. The van der Waals surface area contributed by atoms with Gasteiger partial charge in [0.05, 0.1) is 22.4 Å². The third-order valence-corrected chi connectivity index (χ3v) is 4.81. The molecule has 31 heavy (non-hydrogen) atoms. The summed E-state index contributed by atoms with van der Waals surface area (Å²) < 4.78 is 5.05. The Morgan fingerprint density at radius 2 is 1.55 bits per heavy atom. The van der Waals surface area contributed by atoms with E-state index in [0.29, 0.717) is 21.8 Å². The fraction of sp³-hybridized carbons (Fsp3) is 0.0435. The number of fused-ring (bicyclic) bond motifs is 1. The molecule has 0 atom stereocenters. The van der Waals surface area contributed by atoms with Crippen molar-refractivity contribution in [2.24, 2.45) is 0 Å². The highest BCUT2D eigenvalue weighted by molar-refractivity contribution is 6.34. The highest BCUT2D eigenvalue weighted by atomic mass is 35.5. The Labute approximate surface area is 182 Å². The summed E-state index contributed by atoms with van der Waals surface area (Å²) in [5.41, 5.74) is 1.42. The largest absolute Gasteiger partial charge is 0.452 e. The number of nitrogens with zero attached hydrogens (tertiary/aromatic N) is 1. The number of hydrogen-bond donors (Lipinski definition) is 1. The van der Waals surface area contributed by atoms with Gasteiger partial charge in [-0.05, 0) is 48.5 Å². The van der Waals surface area contributed by atoms with E-state index in [1.807, 2.05) is 0 Å². The molecule has 3 amide bonds. The molecule has 7 nitrogen and oxygen atoms in total. The van der Waals surface area contributed by atoms with Crippen molar-refractivity contribution in [3.8, 4) is 0 Å². The van der Waals surface area contributed by atoms with Crippen molar-refractivity contribution >= 4 is 46.7 Å². The predicted octanol–water partition coefficient (Wildman–Crippen LogP) is 3.94. The summed E-state index contributed by atoms with van der Waals surface area (Å²) in [6, 6.07) is 19.0. The number of ether oxygens (including phenoxy) is 1. The molecule has 0 saturated heterocycles. The molecule has 0 unspecified atom stereocenters. The predicted molar refractivity (Wildman–Crippen MR) is 114 cm³/mol. The van der Waals surface area contributed by atoms with Crippen LogP contribution in [-0.2, 0) is 9.53 Å². The first-order valence-electron chi connectivity index (χ1n) is 9.24. The minimum absolute atomic E-state index is 0.101. The molecule has 0 bridgehead atoms. The van der Waals surface area contributed by atoms with E-state index in [4.69, 9.17) is 16.3 Å². The van der Waals surface area contributed by atoms with Gasteiger partial charge in [-0.25, -0.2) is 9.69 Å². The van der Waals surface area contributed by atoms with Gasteiger partial charge in [-0.2, -0.15) is 0 Å². The lowest BCUT2D eigenvalue weighted by Crippen LogP contribution is -2.29. The van der Waals surface area contributed by atoms with E-state index in [-0.39, 0.29) is 11.3 Å². The molecule has 0 aliphatic carbocycles. The van der Waals surface area contributed by atoms with Gasteiger partial charge in [0.2, 0.25) is 0 Å². The standard InChI is InChI=1S/C23H15ClN2O5/c24-15-6-4-7-16(12-15)25-20(27)13-31-23(30)14-5-3-8-17(11-14)26-21(28)18-9-1-2-10-19(18)22(26)29/h1-12H,13H2,(H,25,27).